The summed E-state index contributed by atoms with van der Waals surface area (Å²) in [4.78, 5) is 38.4. The van der Waals surface area contributed by atoms with Crippen LogP contribution in [0.2, 0.25) is 0 Å². The van der Waals surface area contributed by atoms with Crippen molar-refractivity contribution in [1.29, 1.82) is 0 Å². The van der Waals surface area contributed by atoms with Gasteiger partial charge in [-0.05, 0) is 83.5 Å². The third-order valence-corrected chi connectivity index (χ3v) is 15.8. The molecular weight excluding hydrogens is 985 g/mol. The summed E-state index contributed by atoms with van der Waals surface area (Å²) < 4.78 is 16.9. The van der Waals surface area contributed by atoms with Crippen LogP contribution < -0.4 is 0 Å². The Morgan fingerprint density at radius 2 is 0.487 bits per heavy atom. The lowest BCUT2D eigenvalue weighted by atomic mass is 10.0. The third kappa shape index (κ3) is 65.9. The number of esters is 3. The van der Waals surface area contributed by atoms with Gasteiger partial charge in [-0.25, -0.2) is 0 Å². The van der Waals surface area contributed by atoms with Crippen LogP contribution in [0.1, 0.15) is 374 Å². The Bertz CT molecular complexity index is 1430. The van der Waals surface area contributed by atoms with Gasteiger partial charge >= 0.3 is 17.9 Å². The maximum Gasteiger partial charge on any atom is 0.306 e. The van der Waals surface area contributed by atoms with Gasteiger partial charge in [0.2, 0.25) is 0 Å². The predicted octanol–water partition coefficient (Wildman–Crippen LogP) is 24.3. The minimum absolute atomic E-state index is 0.0820. The molecule has 6 heteroatoms. The summed E-state index contributed by atoms with van der Waals surface area (Å²) in [5.41, 5.74) is 0. The number of carbonyl (C=O) groups is 3. The van der Waals surface area contributed by atoms with Crippen LogP contribution in [-0.4, -0.2) is 37.2 Å². The molecule has 0 saturated carbocycles. The zero-order chi connectivity index (χ0) is 57.8. The number of rotatable bonds is 65. The SMILES string of the molecule is CC/C=C\C/C=C\C/C=C\CCCCCC(=O)OCC(COC(=O)CCCCCCCCCCCCCCCCCCCCCCCCCCCCCC)OC(=O)CCCCCCCCCCC/C=C\C/C=C\CCCCCCC. The van der Waals surface area contributed by atoms with Crippen molar-refractivity contribution in [3.63, 3.8) is 0 Å². The van der Waals surface area contributed by atoms with E-state index in [1.54, 1.807) is 0 Å². The summed E-state index contributed by atoms with van der Waals surface area (Å²) in [6.45, 7) is 6.55. The zero-order valence-corrected chi connectivity index (χ0v) is 53.6. The minimum Gasteiger partial charge on any atom is -0.462 e. The van der Waals surface area contributed by atoms with E-state index in [-0.39, 0.29) is 31.1 Å². The van der Waals surface area contributed by atoms with Gasteiger partial charge in [-0.1, -0.05) is 332 Å². The van der Waals surface area contributed by atoms with E-state index in [4.69, 9.17) is 14.2 Å². The van der Waals surface area contributed by atoms with Gasteiger partial charge in [-0.3, -0.25) is 14.4 Å². The molecule has 80 heavy (non-hydrogen) atoms. The van der Waals surface area contributed by atoms with Crippen molar-refractivity contribution >= 4 is 17.9 Å². The van der Waals surface area contributed by atoms with Crippen LogP contribution in [0, 0.1) is 0 Å². The van der Waals surface area contributed by atoms with Crippen molar-refractivity contribution in [1.82, 2.24) is 0 Å². The van der Waals surface area contributed by atoms with Crippen molar-refractivity contribution in [3.8, 4) is 0 Å². The van der Waals surface area contributed by atoms with Gasteiger partial charge in [0.1, 0.15) is 13.2 Å². The van der Waals surface area contributed by atoms with E-state index in [1.165, 1.54) is 244 Å². The lowest BCUT2D eigenvalue weighted by molar-refractivity contribution is -0.167. The average Bonchev–Trinajstić information content (AvgIpc) is 3.46. The van der Waals surface area contributed by atoms with Crippen molar-refractivity contribution in [3.05, 3.63) is 60.8 Å². The standard InChI is InChI=1S/C74H134O6/c1-4-7-10-13-16-19-22-25-27-29-31-33-34-35-36-37-38-39-41-42-44-46-49-52-55-58-61-64-67-73(76)79-70-71(69-78-72(75)66-63-60-57-54-51-48-24-21-18-15-12-9-6-3)80-74(77)68-65-62-59-56-53-50-47-45-43-40-32-30-28-26-23-20-17-14-11-8-5-2/h9,12,18,21,23,26,30,32,48,51,71H,4-8,10-11,13-17,19-20,22,24-25,27-29,31,33-47,49-50,52-70H2,1-3H3/b12-9-,21-18-,26-23-,32-30-,51-48-. The Balaban J connectivity index is 4.22. The van der Waals surface area contributed by atoms with Gasteiger partial charge in [0.05, 0.1) is 0 Å². The van der Waals surface area contributed by atoms with Crippen LogP contribution in [0.3, 0.4) is 0 Å². The molecule has 1 unspecified atom stereocenters. The van der Waals surface area contributed by atoms with Crippen LogP contribution in [0.25, 0.3) is 0 Å². The van der Waals surface area contributed by atoms with E-state index in [2.05, 4.69) is 81.5 Å². The normalized spacial score (nSPS) is 12.4. The molecule has 0 aromatic carbocycles. The zero-order valence-electron chi connectivity index (χ0n) is 53.6. The van der Waals surface area contributed by atoms with Gasteiger partial charge in [0.25, 0.3) is 0 Å². The monoisotopic (exact) mass is 1120 g/mol. The second-order valence-corrected chi connectivity index (χ2v) is 23.8. The summed E-state index contributed by atoms with van der Waals surface area (Å²) in [7, 11) is 0. The molecule has 0 aliphatic heterocycles. The number of carbonyl (C=O) groups excluding carboxylic acids is 3. The molecule has 0 bridgehead atoms. The minimum atomic E-state index is -0.789. The lowest BCUT2D eigenvalue weighted by Crippen LogP contribution is -2.30. The highest BCUT2D eigenvalue weighted by Gasteiger charge is 2.19. The van der Waals surface area contributed by atoms with E-state index in [9.17, 15) is 14.4 Å². The molecule has 1 atom stereocenters. The lowest BCUT2D eigenvalue weighted by Gasteiger charge is -2.18. The van der Waals surface area contributed by atoms with Crippen LogP contribution in [0.15, 0.2) is 60.8 Å². The molecule has 0 amide bonds. The summed E-state index contributed by atoms with van der Waals surface area (Å²) in [6, 6.07) is 0. The van der Waals surface area contributed by atoms with E-state index in [0.717, 1.165) is 89.9 Å². The first kappa shape index (κ1) is 77.1. The number of ether oxygens (including phenoxy) is 3. The topological polar surface area (TPSA) is 78.9 Å². The highest BCUT2D eigenvalue weighted by molar-refractivity contribution is 5.71. The van der Waals surface area contributed by atoms with Gasteiger partial charge < -0.3 is 14.2 Å². The molecule has 0 heterocycles. The van der Waals surface area contributed by atoms with Crippen molar-refractivity contribution < 1.29 is 28.6 Å². The second-order valence-electron chi connectivity index (χ2n) is 23.8. The first-order valence-electron chi connectivity index (χ1n) is 35.3. The van der Waals surface area contributed by atoms with Crippen molar-refractivity contribution in [2.45, 2.75) is 380 Å². The number of hydrogen-bond acceptors (Lipinski definition) is 6. The van der Waals surface area contributed by atoms with E-state index >= 15 is 0 Å². The first-order chi connectivity index (χ1) is 39.5. The van der Waals surface area contributed by atoms with E-state index in [1.807, 2.05) is 0 Å². The number of unbranched alkanes of at least 4 members (excludes halogenated alkanes) is 44. The molecule has 0 aliphatic rings. The molecule has 0 radical (unpaired) electrons. The Hall–Kier alpha value is -2.89. The highest BCUT2D eigenvalue weighted by atomic mass is 16.6. The fourth-order valence-corrected chi connectivity index (χ4v) is 10.5. The maximum absolute atomic E-state index is 12.9. The molecule has 0 aromatic heterocycles. The van der Waals surface area contributed by atoms with Crippen LogP contribution in [-0.2, 0) is 28.6 Å². The van der Waals surface area contributed by atoms with Gasteiger partial charge in [-0.15, -0.1) is 0 Å². The fraction of sp³-hybridized carbons (Fsp3) is 0.824. The molecule has 0 fully saturated rings. The molecule has 466 valence electrons. The second kappa shape index (κ2) is 68.6. The molecule has 0 aliphatic carbocycles. The average molecular weight is 1120 g/mol. The quantitative estimate of drug-likeness (QED) is 0.0261. The van der Waals surface area contributed by atoms with Crippen molar-refractivity contribution in [2.24, 2.45) is 0 Å². The fourth-order valence-electron chi connectivity index (χ4n) is 10.5. The number of hydrogen-bond donors (Lipinski definition) is 0. The largest absolute Gasteiger partial charge is 0.462 e. The molecule has 0 rings (SSSR count). The Morgan fingerprint density at radius 3 is 0.775 bits per heavy atom. The molecule has 0 spiro atoms. The smallest absolute Gasteiger partial charge is 0.306 e. The number of allylic oxidation sites excluding steroid dienone is 10. The summed E-state index contributed by atoms with van der Waals surface area (Å²) in [6.07, 6.45) is 88.4. The maximum atomic E-state index is 12.9. The van der Waals surface area contributed by atoms with Crippen LogP contribution >= 0.6 is 0 Å². The van der Waals surface area contributed by atoms with E-state index < -0.39 is 6.10 Å². The third-order valence-electron chi connectivity index (χ3n) is 15.8. The Morgan fingerprint density at radius 1 is 0.263 bits per heavy atom. The van der Waals surface area contributed by atoms with Crippen molar-refractivity contribution in [2.75, 3.05) is 13.2 Å². The molecular formula is C74H134O6. The van der Waals surface area contributed by atoms with Crippen LogP contribution in [0.4, 0.5) is 0 Å². The van der Waals surface area contributed by atoms with Gasteiger partial charge in [-0.2, -0.15) is 0 Å². The Kier molecular flexibility index (Phi) is 66.1. The molecule has 0 N–H and O–H groups in total. The highest BCUT2D eigenvalue weighted by Crippen LogP contribution is 2.18. The van der Waals surface area contributed by atoms with E-state index in [0.29, 0.717) is 19.3 Å². The Labute approximate surface area is 498 Å². The van der Waals surface area contributed by atoms with Gasteiger partial charge in [0.15, 0.2) is 6.10 Å². The first-order valence-corrected chi connectivity index (χ1v) is 35.3. The summed E-state index contributed by atoms with van der Waals surface area (Å²) in [5.74, 6) is -0.896. The molecule has 6 nitrogen and oxygen atoms in total. The molecule has 0 aromatic rings. The summed E-state index contributed by atoms with van der Waals surface area (Å²) in [5, 5.41) is 0. The predicted molar refractivity (Wildman–Crippen MR) is 348 cm³/mol. The van der Waals surface area contributed by atoms with Crippen LogP contribution in [0.5, 0.6) is 0 Å². The van der Waals surface area contributed by atoms with Gasteiger partial charge in [0, 0.05) is 19.3 Å². The summed E-state index contributed by atoms with van der Waals surface area (Å²) >= 11 is 0. The molecule has 0 saturated heterocycles.